The van der Waals surface area contributed by atoms with Crippen molar-refractivity contribution in [3.63, 3.8) is 0 Å². The van der Waals surface area contributed by atoms with Crippen LogP contribution in [0.3, 0.4) is 0 Å². The summed E-state index contributed by atoms with van der Waals surface area (Å²) in [7, 11) is 0. The molecule has 88 valence electrons. The fourth-order valence-corrected chi connectivity index (χ4v) is 2.08. The molecule has 0 spiro atoms. The highest BCUT2D eigenvalue weighted by Crippen LogP contribution is 2.40. The average molecular weight is 243 g/mol. The maximum Gasteiger partial charge on any atom is 0.165 e. The van der Waals surface area contributed by atoms with Crippen molar-refractivity contribution in [2.75, 3.05) is 19.8 Å². The zero-order valence-corrected chi connectivity index (χ0v) is 10.0. The third kappa shape index (κ3) is 2.11. The summed E-state index contributed by atoms with van der Waals surface area (Å²) in [6.45, 7) is 3.25. The van der Waals surface area contributed by atoms with Gasteiger partial charge in [0, 0.05) is 12.2 Å². The van der Waals surface area contributed by atoms with Crippen molar-refractivity contribution >= 4 is 11.6 Å². The topological polar surface area (TPSA) is 38.7 Å². The molecule has 0 aromatic heterocycles. The second-order valence-corrected chi connectivity index (χ2v) is 4.20. The number of hydrogen-bond donors (Lipinski definition) is 1. The number of aliphatic hydroxyl groups is 1. The number of fused-ring (bicyclic) bond motifs is 1. The van der Waals surface area contributed by atoms with Gasteiger partial charge in [0.25, 0.3) is 0 Å². The molecule has 0 aliphatic carbocycles. The highest BCUT2D eigenvalue weighted by molar-refractivity contribution is 6.32. The van der Waals surface area contributed by atoms with Crippen LogP contribution < -0.4 is 9.47 Å². The summed E-state index contributed by atoms with van der Waals surface area (Å²) in [6.07, 6.45) is 1.46. The van der Waals surface area contributed by atoms with E-state index in [4.69, 9.17) is 26.2 Å². The zero-order chi connectivity index (χ0) is 11.5. The maximum atomic E-state index is 8.83. The molecule has 1 heterocycles. The van der Waals surface area contributed by atoms with Crippen molar-refractivity contribution in [2.45, 2.75) is 19.8 Å². The molecule has 16 heavy (non-hydrogen) atoms. The van der Waals surface area contributed by atoms with Crippen LogP contribution in [0, 0.1) is 6.92 Å². The number of benzene rings is 1. The van der Waals surface area contributed by atoms with E-state index in [1.165, 1.54) is 0 Å². The summed E-state index contributed by atoms with van der Waals surface area (Å²) in [6, 6.07) is 1.92. The number of aliphatic hydroxyl groups excluding tert-OH is 1. The first kappa shape index (κ1) is 11.6. The van der Waals surface area contributed by atoms with Crippen LogP contribution in [-0.4, -0.2) is 24.9 Å². The molecular formula is C12H15ClO3. The van der Waals surface area contributed by atoms with Gasteiger partial charge in [-0.1, -0.05) is 11.6 Å². The van der Waals surface area contributed by atoms with Crippen LogP contribution in [0.2, 0.25) is 5.02 Å². The minimum Gasteiger partial charge on any atom is -0.486 e. The van der Waals surface area contributed by atoms with Crippen molar-refractivity contribution < 1.29 is 14.6 Å². The monoisotopic (exact) mass is 242 g/mol. The Morgan fingerprint density at radius 1 is 1.38 bits per heavy atom. The van der Waals surface area contributed by atoms with Gasteiger partial charge in [0.05, 0.1) is 5.02 Å². The molecule has 1 aliphatic heterocycles. The molecule has 0 unspecified atom stereocenters. The van der Waals surface area contributed by atoms with Crippen LogP contribution in [0.5, 0.6) is 11.5 Å². The molecule has 0 saturated carbocycles. The molecule has 0 bridgehead atoms. The molecule has 3 nitrogen and oxygen atoms in total. The minimum absolute atomic E-state index is 0.170. The molecule has 0 atom stereocenters. The first-order chi connectivity index (χ1) is 7.74. The minimum atomic E-state index is 0.170. The van der Waals surface area contributed by atoms with Crippen molar-refractivity contribution in [1.82, 2.24) is 0 Å². The van der Waals surface area contributed by atoms with E-state index in [0.29, 0.717) is 19.6 Å². The number of hydrogen-bond acceptors (Lipinski definition) is 3. The second-order valence-electron chi connectivity index (χ2n) is 3.83. The van der Waals surface area contributed by atoms with Gasteiger partial charge in [0.1, 0.15) is 13.2 Å². The van der Waals surface area contributed by atoms with E-state index in [1.54, 1.807) is 0 Å². The molecular weight excluding hydrogens is 228 g/mol. The summed E-state index contributed by atoms with van der Waals surface area (Å²) in [5.74, 6) is 1.52. The van der Waals surface area contributed by atoms with Crippen LogP contribution in [0.4, 0.5) is 0 Å². The normalized spacial score (nSPS) is 13.9. The largest absolute Gasteiger partial charge is 0.486 e. The fourth-order valence-electron chi connectivity index (χ4n) is 1.85. The Kier molecular flexibility index (Phi) is 3.56. The Morgan fingerprint density at radius 3 is 2.88 bits per heavy atom. The lowest BCUT2D eigenvalue weighted by Gasteiger charge is -2.22. The lowest BCUT2D eigenvalue weighted by atomic mass is 10.0. The average Bonchev–Trinajstić information content (AvgIpc) is 2.32. The number of rotatable bonds is 3. The Balaban J connectivity index is 2.36. The molecule has 0 fully saturated rings. The lowest BCUT2D eigenvalue weighted by molar-refractivity contribution is 0.170. The highest BCUT2D eigenvalue weighted by atomic mass is 35.5. The molecule has 2 rings (SSSR count). The van der Waals surface area contributed by atoms with Crippen molar-refractivity contribution in [3.05, 3.63) is 22.2 Å². The van der Waals surface area contributed by atoms with Crippen molar-refractivity contribution in [3.8, 4) is 11.5 Å². The summed E-state index contributed by atoms with van der Waals surface area (Å²) in [5.41, 5.74) is 1.93. The number of halogens is 1. The SMILES string of the molecule is Cc1c(Cl)c(CCCO)cc2c1OCCO2. The van der Waals surface area contributed by atoms with E-state index in [9.17, 15) is 0 Å². The summed E-state index contributed by atoms with van der Waals surface area (Å²) >= 11 is 6.25. The zero-order valence-electron chi connectivity index (χ0n) is 9.25. The summed E-state index contributed by atoms with van der Waals surface area (Å²) in [5, 5.41) is 9.55. The lowest BCUT2D eigenvalue weighted by Crippen LogP contribution is -2.16. The molecule has 0 saturated heterocycles. The molecule has 1 aliphatic rings. The Bertz CT molecular complexity index is 390. The van der Waals surface area contributed by atoms with Gasteiger partial charge in [-0.15, -0.1) is 0 Å². The standard InChI is InChI=1S/C12H15ClO3/c1-8-11(13)9(3-2-4-14)7-10-12(8)16-6-5-15-10/h7,14H,2-6H2,1H3. The van der Waals surface area contributed by atoms with Crippen LogP contribution >= 0.6 is 11.6 Å². The predicted molar refractivity (Wildman–Crippen MR) is 62.6 cm³/mol. The van der Waals surface area contributed by atoms with Gasteiger partial charge in [0.2, 0.25) is 0 Å². The molecule has 1 aromatic rings. The van der Waals surface area contributed by atoms with E-state index in [2.05, 4.69) is 0 Å². The van der Waals surface area contributed by atoms with Crippen LogP contribution in [0.1, 0.15) is 17.5 Å². The molecule has 0 radical (unpaired) electrons. The third-order valence-corrected chi connectivity index (χ3v) is 3.20. The summed E-state index contributed by atoms with van der Waals surface area (Å²) in [4.78, 5) is 0. The maximum absolute atomic E-state index is 8.83. The van der Waals surface area contributed by atoms with Crippen molar-refractivity contribution in [1.29, 1.82) is 0 Å². The van der Waals surface area contributed by atoms with E-state index < -0.39 is 0 Å². The number of ether oxygens (including phenoxy) is 2. The van der Waals surface area contributed by atoms with Crippen molar-refractivity contribution in [2.24, 2.45) is 0 Å². The third-order valence-electron chi connectivity index (χ3n) is 2.67. The smallest absolute Gasteiger partial charge is 0.165 e. The van der Waals surface area contributed by atoms with Gasteiger partial charge in [-0.2, -0.15) is 0 Å². The van der Waals surface area contributed by atoms with Gasteiger partial charge in [-0.25, -0.2) is 0 Å². The second kappa shape index (κ2) is 4.93. The summed E-state index contributed by atoms with van der Waals surface area (Å²) < 4.78 is 11.1. The highest BCUT2D eigenvalue weighted by Gasteiger charge is 2.19. The number of aryl methyl sites for hydroxylation is 1. The van der Waals surface area contributed by atoms with E-state index in [1.807, 2.05) is 13.0 Å². The van der Waals surface area contributed by atoms with Gasteiger partial charge in [-0.05, 0) is 31.4 Å². The van der Waals surface area contributed by atoms with Gasteiger partial charge < -0.3 is 14.6 Å². The molecule has 4 heteroatoms. The van der Waals surface area contributed by atoms with Gasteiger partial charge in [-0.3, -0.25) is 0 Å². The van der Waals surface area contributed by atoms with Crippen LogP contribution in [0.15, 0.2) is 6.07 Å². The van der Waals surface area contributed by atoms with Gasteiger partial charge in [0.15, 0.2) is 11.5 Å². The fraction of sp³-hybridized carbons (Fsp3) is 0.500. The van der Waals surface area contributed by atoms with Crippen LogP contribution in [0.25, 0.3) is 0 Å². The first-order valence-corrected chi connectivity index (χ1v) is 5.80. The predicted octanol–water partition coefficient (Wildman–Crippen LogP) is 2.34. The van der Waals surface area contributed by atoms with E-state index in [-0.39, 0.29) is 6.61 Å². The van der Waals surface area contributed by atoms with E-state index in [0.717, 1.165) is 34.1 Å². The quantitative estimate of drug-likeness (QED) is 0.884. The Labute approximate surface area is 99.9 Å². The first-order valence-electron chi connectivity index (χ1n) is 5.42. The van der Waals surface area contributed by atoms with Gasteiger partial charge >= 0.3 is 0 Å². The molecule has 0 amide bonds. The Morgan fingerprint density at radius 2 is 2.12 bits per heavy atom. The van der Waals surface area contributed by atoms with E-state index >= 15 is 0 Å². The molecule has 1 N–H and O–H groups in total. The molecule has 1 aromatic carbocycles. The Hall–Kier alpha value is -0.930. The van der Waals surface area contributed by atoms with Crippen LogP contribution in [-0.2, 0) is 6.42 Å².